The lowest BCUT2D eigenvalue weighted by Gasteiger charge is -2.04. The highest BCUT2D eigenvalue weighted by molar-refractivity contribution is 5.89. The summed E-state index contributed by atoms with van der Waals surface area (Å²) in [5.74, 6) is -1.26. The number of hydrazone groups is 1. The van der Waals surface area contributed by atoms with Gasteiger partial charge in [0.15, 0.2) is 0 Å². The topological polar surface area (TPSA) is 90.8 Å². The first-order valence-corrected chi connectivity index (χ1v) is 6.59. The molecule has 2 aromatic rings. The van der Waals surface area contributed by atoms with Gasteiger partial charge in [0.2, 0.25) is 0 Å². The van der Waals surface area contributed by atoms with Crippen molar-refractivity contribution in [2.75, 3.05) is 11.9 Å². The zero-order chi connectivity index (χ0) is 15.8. The van der Waals surface area contributed by atoms with E-state index >= 15 is 0 Å². The van der Waals surface area contributed by atoms with Crippen molar-refractivity contribution in [3.05, 3.63) is 65.7 Å². The Morgan fingerprint density at radius 2 is 1.73 bits per heavy atom. The van der Waals surface area contributed by atoms with Crippen LogP contribution in [0, 0.1) is 0 Å². The fraction of sp³-hybridized carbons (Fsp3) is 0.0625. The van der Waals surface area contributed by atoms with Crippen molar-refractivity contribution in [3.63, 3.8) is 0 Å². The van der Waals surface area contributed by atoms with E-state index in [4.69, 9.17) is 5.11 Å². The number of rotatable bonds is 6. The number of aromatic carboxylic acids is 1. The first-order valence-electron chi connectivity index (χ1n) is 6.59. The molecular formula is C16H15N3O3. The lowest BCUT2D eigenvalue weighted by atomic mass is 10.1. The summed E-state index contributed by atoms with van der Waals surface area (Å²) in [6, 6.07) is 15.5. The Kier molecular flexibility index (Phi) is 5.25. The number of nitrogens with one attached hydrogen (secondary N) is 2. The largest absolute Gasteiger partial charge is 0.478 e. The van der Waals surface area contributed by atoms with Gasteiger partial charge in [0.05, 0.1) is 18.3 Å². The van der Waals surface area contributed by atoms with E-state index in [-0.39, 0.29) is 18.0 Å². The first kappa shape index (κ1) is 15.2. The molecule has 0 bridgehead atoms. The molecule has 0 heterocycles. The molecule has 0 aromatic heterocycles. The van der Waals surface area contributed by atoms with Gasteiger partial charge in [-0.05, 0) is 29.8 Å². The van der Waals surface area contributed by atoms with Crippen molar-refractivity contribution in [1.82, 2.24) is 5.43 Å². The fourth-order valence-corrected chi connectivity index (χ4v) is 1.67. The Morgan fingerprint density at radius 3 is 2.36 bits per heavy atom. The van der Waals surface area contributed by atoms with Crippen LogP contribution in [-0.2, 0) is 4.79 Å². The third-order valence-electron chi connectivity index (χ3n) is 2.79. The molecule has 3 N–H and O–H groups in total. The number of anilines is 1. The number of hydrogen-bond acceptors (Lipinski definition) is 4. The van der Waals surface area contributed by atoms with Crippen molar-refractivity contribution in [2.24, 2.45) is 5.10 Å². The predicted octanol–water partition coefficient (Wildman–Crippen LogP) is 1.95. The molecule has 0 aliphatic rings. The normalized spacial score (nSPS) is 10.4. The Hall–Kier alpha value is -3.15. The van der Waals surface area contributed by atoms with E-state index in [0.29, 0.717) is 5.56 Å². The van der Waals surface area contributed by atoms with Crippen LogP contribution in [0.1, 0.15) is 15.9 Å². The Balaban J connectivity index is 1.79. The van der Waals surface area contributed by atoms with Gasteiger partial charge in [-0.15, -0.1) is 0 Å². The van der Waals surface area contributed by atoms with Crippen LogP contribution >= 0.6 is 0 Å². The van der Waals surface area contributed by atoms with Crippen LogP contribution in [0.5, 0.6) is 0 Å². The lowest BCUT2D eigenvalue weighted by molar-refractivity contribution is -0.119. The zero-order valence-corrected chi connectivity index (χ0v) is 11.7. The average molecular weight is 297 g/mol. The average Bonchev–Trinajstić information content (AvgIpc) is 2.54. The van der Waals surface area contributed by atoms with Crippen molar-refractivity contribution < 1.29 is 14.7 Å². The molecule has 0 saturated heterocycles. The molecule has 0 aliphatic carbocycles. The maximum absolute atomic E-state index is 11.6. The van der Waals surface area contributed by atoms with Crippen molar-refractivity contribution in [1.29, 1.82) is 0 Å². The smallest absolute Gasteiger partial charge is 0.335 e. The molecule has 6 nitrogen and oxygen atoms in total. The first-order chi connectivity index (χ1) is 10.6. The second-order valence-electron chi connectivity index (χ2n) is 4.44. The number of para-hydroxylation sites is 1. The molecule has 0 unspecified atom stereocenters. The third-order valence-corrected chi connectivity index (χ3v) is 2.79. The maximum Gasteiger partial charge on any atom is 0.335 e. The van der Waals surface area contributed by atoms with Gasteiger partial charge in [0.25, 0.3) is 5.91 Å². The molecule has 0 saturated carbocycles. The molecular weight excluding hydrogens is 282 g/mol. The Morgan fingerprint density at radius 1 is 1.05 bits per heavy atom. The quantitative estimate of drug-likeness (QED) is 0.561. The number of carboxylic acid groups (broad SMARTS) is 1. The monoisotopic (exact) mass is 297 g/mol. The third kappa shape index (κ3) is 4.75. The van der Waals surface area contributed by atoms with E-state index in [1.165, 1.54) is 18.3 Å². The standard InChI is InChI=1S/C16H15N3O3/c20-15(11-17-14-4-2-1-3-5-14)19-18-10-12-6-8-13(9-7-12)16(21)22/h1-10,17H,11H2,(H,19,20)(H,21,22)/b18-10-. The van der Waals surface area contributed by atoms with Crippen LogP contribution in [0.4, 0.5) is 5.69 Å². The summed E-state index contributed by atoms with van der Waals surface area (Å²) in [4.78, 5) is 22.3. The summed E-state index contributed by atoms with van der Waals surface area (Å²) in [6.07, 6.45) is 1.45. The van der Waals surface area contributed by atoms with E-state index < -0.39 is 5.97 Å². The van der Waals surface area contributed by atoms with Crippen LogP contribution in [0.2, 0.25) is 0 Å². The molecule has 2 aromatic carbocycles. The van der Waals surface area contributed by atoms with E-state index in [1.807, 2.05) is 30.3 Å². The molecule has 0 atom stereocenters. The summed E-state index contributed by atoms with van der Waals surface area (Å²) in [5, 5.41) is 15.6. The minimum Gasteiger partial charge on any atom is -0.478 e. The van der Waals surface area contributed by atoms with Gasteiger partial charge in [0, 0.05) is 5.69 Å². The van der Waals surface area contributed by atoms with Crippen LogP contribution in [0.3, 0.4) is 0 Å². The van der Waals surface area contributed by atoms with Crippen LogP contribution in [-0.4, -0.2) is 29.7 Å². The highest BCUT2D eigenvalue weighted by Gasteiger charge is 2.01. The molecule has 22 heavy (non-hydrogen) atoms. The Labute approximate surface area is 127 Å². The molecule has 6 heteroatoms. The van der Waals surface area contributed by atoms with E-state index in [1.54, 1.807) is 12.1 Å². The van der Waals surface area contributed by atoms with Crippen molar-refractivity contribution in [3.8, 4) is 0 Å². The van der Waals surface area contributed by atoms with Crippen molar-refractivity contribution in [2.45, 2.75) is 0 Å². The molecule has 0 radical (unpaired) electrons. The predicted molar refractivity (Wildman–Crippen MR) is 84.1 cm³/mol. The molecule has 0 spiro atoms. The minimum absolute atomic E-state index is 0.110. The summed E-state index contributed by atoms with van der Waals surface area (Å²) in [6.45, 7) is 0.110. The summed E-state index contributed by atoms with van der Waals surface area (Å²) in [7, 11) is 0. The lowest BCUT2D eigenvalue weighted by Crippen LogP contribution is -2.25. The fourth-order valence-electron chi connectivity index (χ4n) is 1.67. The summed E-state index contributed by atoms with van der Waals surface area (Å²) < 4.78 is 0. The molecule has 112 valence electrons. The Bertz CT molecular complexity index is 667. The van der Waals surface area contributed by atoms with Gasteiger partial charge in [-0.3, -0.25) is 4.79 Å². The molecule has 1 amide bonds. The number of carbonyl (C=O) groups is 2. The number of carboxylic acids is 1. The highest BCUT2D eigenvalue weighted by atomic mass is 16.4. The van der Waals surface area contributed by atoms with Crippen LogP contribution < -0.4 is 10.7 Å². The maximum atomic E-state index is 11.6. The van der Waals surface area contributed by atoms with Gasteiger partial charge >= 0.3 is 5.97 Å². The summed E-state index contributed by atoms with van der Waals surface area (Å²) in [5.41, 5.74) is 4.14. The van der Waals surface area contributed by atoms with Gasteiger partial charge in [-0.25, -0.2) is 10.2 Å². The van der Waals surface area contributed by atoms with E-state index in [2.05, 4.69) is 15.8 Å². The molecule has 0 aliphatic heterocycles. The van der Waals surface area contributed by atoms with Crippen LogP contribution in [0.15, 0.2) is 59.7 Å². The van der Waals surface area contributed by atoms with Crippen LogP contribution in [0.25, 0.3) is 0 Å². The number of hydrogen-bond donors (Lipinski definition) is 3. The highest BCUT2D eigenvalue weighted by Crippen LogP contribution is 2.04. The van der Waals surface area contributed by atoms with Gasteiger partial charge in [-0.2, -0.15) is 5.10 Å². The molecule has 2 rings (SSSR count). The van der Waals surface area contributed by atoms with E-state index in [0.717, 1.165) is 5.69 Å². The number of benzene rings is 2. The number of amides is 1. The SMILES string of the molecule is O=C(CNc1ccccc1)N/N=C\c1ccc(C(=O)O)cc1. The molecule has 0 fully saturated rings. The van der Waals surface area contributed by atoms with Gasteiger partial charge < -0.3 is 10.4 Å². The minimum atomic E-state index is -0.983. The van der Waals surface area contributed by atoms with Crippen molar-refractivity contribution >= 4 is 23.8 Å². The zero-order valence-electron chi connectivity index (χ0n) is 11.7. The second-order valence-corrected chi connectivity index (χ2v) is 4.44. The number of carbonyl (C=O) groups excluding carboxylic acids is 1. The summed E-state index contributed by atoms with van der Waals surface area (Å²) >= 11 is 0. The number of nitrogens with zero attached hydrogens (tertiary/aromatic N) is 1. The second kappa shape index (κ2) is 7.58. The van der Waals surface area contributed by atoms with E-state index in [9.17, 15) is 9.59 Å². The van der Waals surface area contributed by atoms with Gasteiger partial charge in [0.1, 0.15) is 0 Å². The van der Waals surface area contributed by atoms with Gasteiger partial charge in [-0.1, -0.05) is 30.3 Å².